The van der Waals surface area contributed by atoms with Gasteiger partial charge in [0.1, 0.15) is 6.07 Å². The molecule has 0 bridgehead atoms. The van der Waals surface area contributed by atoms with Crippen LogP contribution in [0, 0.1) is 11.3 Å². The molecule has 4 rings (SSSR count). The molecule has 0 aliphatic heterocycles. The molecule has 0 saturated heterocycles. The first-order valence-corrected chi connectivity index (χ1v) is 9.38. The molecule has 140 valence electrons. The van der Waals surface area contributed by atoms with E-state index in [1.165, 1.54) is 0 Å². The van der Waals surface area contributed by atoms with Crippen molar-refractivity contribution in [1.29, 1.82) is 5.26 Å². The van der Waals surface area contributed by atoms with Gasteiger partial charge in [-0.05, 0) is 11.1 Å². The van der Waals surface area contributed by atoms with Crippen LogP contribution in [-0.4, -0.2) is 16.5 Å². The van der Waals surface area contributed by atoms with Gasteiger partial charge in [0, 0.05) is 11.1 Å². The maximum absolute atomic E-state index is 13.3. The number of allylic oxidation sites excluding steroid dienone is 2. The fourth-order valence-corrected chi connectivity index (χ4v) is 4.05. The molecule has 0 aromatic heterocycles. The molecular weight excluding hydrogens is 358 g/mol. The maximum Gasteiger partial charge on any atom is 0.197 e. The number of rotatable bonds is 4. The summed E-state index contributed by atoms with van der Waals surface area (Å²) in [5.41, 5.74) is -1.36. The van der Waals surface area contributed by atoms with E-state index in [1.807, 2.05) is 72.8 Å². The molecule has 3 heteroatoms. The Balaban J connectivity index is 1.98. The molecule has 3 nitrogen and oxygen atoms in total. The number of ketones is 1. The minimum atomic E-state index is -2.09. The topological polar surface area (TPSA) is 61.1 Å². The Labute approximate surface area is 169 Å². The minimum absolute atomic E-state index is 0.0569. The standard InChI is InChI=1S/C26H19NO2/c27-19-26(29)23(24(28)20-11-4-1-5-12-20)17-10-18-25(26,21-13-6-2-7-14-21)22-15-8-3-9-16-22/h1-18,29H. The van der Waals surface area contributed by atoms with E-state index in [-0.39, 0.29) is 11.4 Å². The summed E-state index contributed by atoms with van der Waals surface area (Å²) in [5, 5.41) is 22.1. The third kappa shape index (κ3) is 2.82. The Morgan fingerprint density at radius 1 is 0.793 bits per heavy atom. The van der Waals surface area contributed by atoms with Gasteiger partial charge < -0.3 is 5.11 Å². The van der Waals surface area contributed by atoms with Gasteiger partial charge in [0.15, 0.2) is 11.4 Å². The first-order valence-electron chi connectivity index (χ1n) is 9.38. The quantitative estimate of drug-likeness (QED) is 0.534. The van der Waals surface area contributed by atoms with Crippen molar-refractivity contribution in [3.8, 4) is 6.07 Å². The second-order valence-electron chi connectivity index (χ2n) is 7.00. The third-order valence-electron chi connectivity index (χ3n) is 5.47. The SMILES string of the molecule is N#CC1(O)C(C(=O)c2ccccc2)=CC=CC1(c1ccccc1)c1ccccc1. The van der Waals surface area contributed by atoms with Crippen molar-refractivity contribution < 1.29 is 9.90 Å². The molecule has 1 aliphatic rings. The van der Waals surface area contributed by atoms with Crippen molar-refractivity contribution in [3.63, 3.8) is 0 Å². The van der Waals surface area contributed by atoms with E-state index in [0.29, 0.717) is 5.56 Å². The lowest BCUT2D eigenvalue weighted by Crippen LogP contribution is -2.54. The summed E-state index contributed by atoms with van der Waals surface area (Å²) >= 11 is 0. The number of nitriles is 1. The number of carbonyl (C=O) groups is 1. The van der Waals surface area contributed by atoms with Gasteiger partial charge in [0.2, 0.25) is 0 Å². The first-order chi connectivity index (χ1) is 14.1. The molecule has 3 aromatic rings. The Kier molecular flexibility index (Phi) is 4.72. The second-order valence-corrected chi connectivity index (χ2v) is 7.00. The highest BCUT2D eigenvalue weighted by Crippen LogP contribution is 2.49. The number of carbonyl (C=O) groups excluding carboxylic acids is 1. The number of hydrogen-bond acceptors (Lipinski definition) is 3. The van der Waals surface area contributed by atoms with Gasteiger partial charge >= 0.3 is 0 Å². The molecule has 0 spiro atoms. The molecule has 0 amide bonds. The van der Waals surface area contributed by atoms with Gasteiger partial charge in [-0.25, -0.2) is 0 Å². The minimum Gasteiger partial charge on any atom is -0.370 e. The number of aliphatic hydroxyl groups is 1. The molecule has 1 unspecified atom stereocenters. The van der Waals surface area contributed by atoms with Gasteiger partial charge in [0.25, 0.3) is 0 Å². The van der Waals surface area contributed by atoms with Crippen molar-refractivity contribution in [3.05, 3.63) is 131 Å². The van der Waals surface area contributed by atoms with E-state index in [0.717, 1.165) is 11.1 Å². The molecule has 1 aliphatic carbocycles. The van der Waals surface area contributed by atoms with E-state index in [1.54, 1.807) is 36.4 Å². The van der Waals surface area contributed by atoms with Crippen molar-refractivity contribution in [2.45, 2.75) is 11.0 Å². The van der Waals surface area contributed by atoms with Crippen LogP contribution in [0.2, 0.25) is 0 Å². The molecule has 0 saturated carbocycles. The van der Waals surface area contributed by atoms with E-state index < -0.39 is 11.0 Å². The fraction of sp³-hybridized carbons (Fsp3) is 0.0769. The number of nitrogens with zero attached hydrogens (tertiary/aromatic N) is 1. The predicted molar refractivity (Wildman–Crippen MR) is 112 cm³/mol. The monoisotopic (exact) mass is 377 g/mol. The van der Waals surface area contributed by atoms with E-state index in [4.69, 9.17) is 0 Å². The smallest absolute Gasteiger partial charge is 0.197 e. The van der Waals surface area contributed by atoms with Crippen LogP contribution in [0.5, 0.6) is 0 Å². The van der Waals surface area contributed by atoms with Gasteiger partial charge in [-0.1, -0.05) is 109 Å². The van der Waals surface area contributed by atoms with Crippen LogP contribution in [0.3, 0.4) is 0 Å². The lowest BCUT2D eigenvalue weighted by Gasteiger charge is -2.44. The third-order valence-corrected chi connectivity index (χ3v) is 5.47. The zero-order chi connectivity index (χ0) is 20.3. The Bertz CT molecular complexity index is 1090. The highest BCUT2D eigenvalue weighted by molar-refractivity contribution is 6.11. The summed E-state index contributed by atoms with van der Waals surface area (Å²) in [7, 11) is 0. The van der Waals surface area contributed by atoms with Gasteiger partial charge in [-0.15, -0.1) is 0 Å². The van der Waals surface area contributed by atoms with Crippen LogP contribution in [0.1, 0.15) is 21.5 Å². The highest BCUT2D eigenvalue weighted by Gasteiger charge is 2.57. The normalized spacial score (nSPS) is 19.8. The summed E-state index contributed by atoms with van der Waals surface area (Å²) in [4.78, 5) is 13.3. The van der Waals surface area contributed by atoms with E-state index in [2.05, 4.69) is 6.07 Å². The zero-order valence-electron chi connectivity index (χ0n) is 15.7. The molecule has 0 fully saturated rings. The summed E-state index contributed by atoms with van der Waals surface area (Å²) in [5.74, 6) is -0.366. The average Bonchev–Trinajstić information content (AvgIpc) is 2.80. The molecule has 0 radical (unpaired) electrons. The lowest BCUT2D eigenvalue weighted by molar-refractivity contribution is 0.0715. The van der Waals surface area contributed by atoms with E-state index in [9.17, 15) is 15.2 Å². The van der Waals surface area contributed by atoms with Crippen LogP contribution in [0.25, 0.3) is 0 Å². The summed E-state index contributed by atoms with van der Waals surface area (Å²) in [6.45, 7) is 0. The van der Waals surface area contributed by atoms with Crippen LogP contribution in [0.4, 0.5) is 0 Å². The predicted octanol–water partition coefficient (Wildman–Crippen LogP) is 4.61. The maximum atomic E-state index is 13.3. The molecular formula is C26H19NO2. The van der Waals surface area contributed by atoms with Crippen LogP contribution >= 0.6 is 0 Å². The number of Topliss-reactive ketones (excluding diaryl/α,β-unsaturated/α-hetero) is 1. The summed E-state index contributed by atoms with van der Waals surface area (Å²) < 4.78 is 0. The van der Waals surface area contributed by atoms with Crippen LogP contribution in [0.15, 0.2) is 115 Å². The summed E-state index contributed by atoms with van der Waals surface area (Å²) in [6, 6.07) is 29.5. The van der Waals surface area contributed by atoms with E-state index >= 15 is 0 Å². The second kappa shape index (κ2) is 7.35. The van der Waals surface area contributed by atoms with Crippen molar-refractivity contribution in [2.24, 2.45) is 0 Å². The van der Waals surface area contributed by atoms with Gasteiger partial charge in [0.05, 0.1) is 5.41 Å². The zero-order valence-corrected chi connectivity index (χ0v) is 15.7. The molecule has 0 heterocycles. The number of benzene rings is 3. The molecule has 3 aromatic carbocycles. The van der Waals surface area contributed by atoms with Crippen molar-refractivity contribution in [1.82, 2.24) is 0 Å². The lowest BCUT2D eigenvalue weighted by atomic mass is 9.58. The average molecular weight is 377 g/mol. The van der Waals surface area contributed by atoms with Crippen molar-refractivity contribution in [2.75, 3.05) is 0 Å². The molecule has 1 N–H and O–H groups in total. The van der Waals surface area contributed by atoms with Gasteiger partial charge in [-0.3, -0.25) is 4.79 Å². The Morgan fingerprint density at radius 3 is 1.76 bits per heavy atom. The molecule has 1 atom stereocenters. The number of hydrogen-bond donors (Lipinski definition) is 1. The highest BCUT2D eigenvalue weighted by atomic mass is 16.3. The largest absolute Gasteiger partial charge is 0.370 e. The van der Waals surface area contributed by atoms with Gasteiger partial charge in [-0.2, -0.15) is 5.26 Å². The fourth-order valence-electron chi connectivity index (χ4n) is 4.05. The first kappa shape index (κ1) is 18.6. The van der Waals surface area contributed by atoms with Crippen LogP contribution < -0.4 is 0 Å². The molecule has 29 heavy (non-hydrogen) atoms. The Hall–Kier alpha value is -3.74. The Morgan fingerprint density at radius 2 is 1.28 bits per heavy atom. The van der Waals surface area contributed by atoms with Crippen molar-refractivity contribution >= 4 is 5.78 Å². The summed E-state index contributed by atoms with van der Waals surface area (Å²) in [6.07, 6.45) is 5.10. The van der Waals surface area contributed by atoms with Crippen LogP contribution in [-0.2, 0) is 5.41 Å².